The van der Waals surface area contributed by atoms with Gasteiger partial charge in [-0.25, -0.2) is 0 Å². The van der Waals surface area contributed by atoms with Gasteiger partial charge in [0.2, 0.25) is 0 Å². The first kappa shape index (κ1) is 21.4. The van der Waals surface area contributed by atoms with Gasteiger partial charge in [-0.05, 0) is 39.7 Å². The van der Waals surface area contributed by atoms with Crippen molar-refractivity contribution in [1.82, 2.24) is 10.2 Å². The van der Waals surface area contributed by atoms with Gasteiger partial charge in [-0.15, -0.1) is 31.2 Å². The van der Waals surface area contributed by atoms with Crippen LogP contribution >= 0.6 is 24.8 Å². The normalized spacial score (nSPS) is 9.30. The number of rotatable bonds is 8. The van der Waals surface area contributed by atoms with Crippen molar-refractivity contribution in [3.05, 3.63) is 29.8 Å². The molecule has 0 unspecified atom stereocenters. The zero-order chi connectivity index (χ0) is 13.2. The maximum atomic E-state index is 5.50. The summed E-state index contributed by atoms with van der Waals surface area (Å²) in [6.45, 7) is 3.23. The number of hydrogen-bond donors (Lipinski definition) is 1. The number of halogens is 2. The summed E-state index contributed by atoms with van der Waals surface area (Å²) in [5, 5.41) is 3.42. The molecule has 0 saturated carbocycles. The molecule has 0 spiro atoms. The van der Waals surface area contributed by atoms with Gasteiger partial charge >= 0.3 is 0 Å². The van der Waals surface area contributed by atoms with E-state index in [1.165, 1.54) is 0 Å². The second-order valence-corrected chi connectivity index (χ2v) is 4.43. The Balaban J connectivity index is 0. The molecule has 0 atom stereocenters. The molecule has 0 heterocycles. The van der Waals surface area contributed by atoms with Gasteiger partial charge in [0.15, 0.2) is 0 Å². The van der Waals surface area contributed by atoms with Crippen LogP contribution in [-0.2, 0) is 6.54 Å². The van der Waals surface area contributed by atoms with Gasteiger partial charge in [0.05, 0.1) is 0 Å². The zero-order valence-corrected chi connectivity index (χ0v) is 13.7. The van der Waals surface area contributed by atoms with Gasteiger partial charge in [-0.2, -0.15) is 0 Å². The van der Waals surface area contributed by atoms with Crippen LogP contribution in [0.15, 0.2) is 24.3 Å². The third kappa shape index (κ3) is 9.06. The Labute approximate surface area is 134 Å². The minimum absolute atomic E-state index is 0. The molecule has 0 saturated heterocycles. The van der Waals surface area contributed by atoms with Crippen LogP contribution in [0.5, 0.6) is 5.75 Å². The summed E-state index contributed by atoms with van der Waals surface area (Å²) < 4.78 is 5.50. The zero-order valence-electron chi connectivity index (χ0n) is 12.1. The molecule has 5 heteroatoms. The maximum absolute atomic E-state index is 5.50. The van der Waals surface area contributed by atoms with Crippen molar-refractivity contribution in [2.24, 2.45) is 0 Å². The van der Waals surface area contributed by atoms with Crippen LogP contribution in [0, 0.1) is 12.3 Å². The molecule has 20 heavy (non-hydrogen) atoms. The second-order valence-electron chi connectivity index (χ2n) is 4.43. The highest BCUT2D eigenvalue weighted by atomic mass is 35.5. The van der Waals surface area contributed by atoms with Crippen LogP contribution in [0.2, 0.25) is 0 Å². The summed E-state index contributed by atoms with van der Waals surface area (Å²) in [6.07, 6.45) is 6.34. The molecule has 0 aliphatic carbocycles. The predicted octanol–water partition coefficient (Wildman–Crippen LogP) is 2.58. The minimum Gasteiger partial charge on any atom is -0.481 e. The fraction of sp³-hybridized carbons (Fsp3) is 0.467. The van der Waals surface area contributed by atoms with Gasteiger partial charge in [0.25, 0.3) is 0 Å². The molecular weight excluding hydrogens is 295 g/mol. The summed E-state index contributed by atoms with van der Waals surface area (Å²) in [4.78, 5) is 2.19. The van der Waals surface area contributed by atoms with Crippen LogP contribution < -0.4 is 10.1 Å². The standard InChI is InChI=1S/C15H22N2O.2ClH/c1-4-12-18-15-9-6-5-8-14(15)13-16-10-7-11-17(2)3;;/h1,5-6,8-9,16H,7,10-13H2,2-3H3;2*1H. The molecule has 0 aliphatic rings. The van der Waals surface area contributed by atoms with Crippen LogP contribution in [0.3, 0.4) is 0 Å². The topological polar surface area (TPSA) is 24.5 Å². The Hall–Kier alpha value is -0.920. The van der Waals surface area contributed by atoms with E-state index in [-0.39, 0.29) is 24.8 Å². The van der Waals surface area contributed by atoms with E-state index in [0.717, 1.165) is 37.4 Å². The van der Waals surface area contributed by atoms with E-state index in [1.54, 1.807) is 0 Å². The molecule has 0 radical (unpaired) electrons. The lowest BCUT2D eigenvalue weighted by molar-refractivity contribution is 0.363. The average molecular weight is 319 g/mol. The molecule has 114 valence electrons. The van der Waals surface area contributed by atoms with E-state index in [4.69, 9.17) is 11.2 Å². The van der Waals surface area contributed by atoms with Gasteiger partial charge in [0.1, 0.15) is 12.4 Å². The first-order valence-corrected chi connectivity index (χ1v) is 6.23. The number of hydrogen-bond acceptors (Lipinski definition) is 3. The van der Waals surface area contributed by atoms with E-state index in [2.05, 4.69) is 36.3 Å². The molecule has 1 rings (SSSR count). The number of benzene rings is 1. The molecule has 0 fully saturated rings. The Morgan fingerprint density at radius 3 is 2.60 bits per heavy atom. The van der Waals surface area contributed by atoms with E-state index < -0.39 is 0 Å². The Bertz CT molecular complexity index is 392. The number of nitrogens with one attached hydrogen (secondary N) is 1. The van der Waals surface area contributed by atoms with Gasteiger partial charge in [-0.3, -0.25) is 0 Å². The highest BCUT2D eigenvalue weighted by molar-refractivity contribution is 5.85. The Kier molecular flexibility index (Phi) is 14.0. The summed E-state index contributed by atoms with van der Waals surface area (Å²) in [5.74, 6) is 3.36. The van der Waals surface area contributed by atoms with E-state index in [0.29, 0.717) is 6.61 Å². The lowest BCUT2D eigenvalue weighted by atomic mass is 10.2. The van der Waals surface area contributed by atoms with E-state index >= 15 is 0 Å². The van der Waals surface area contributed by atoms with Crippen molar-refractivity contribution in [3.8, 4) is 18.1 Å². The Morgan fingerprint density at radius 1 is 1.25 bits per heavy atom. The highest BCUT2D eigenvalue weighted by Crippen LogP contribution is 2.17. The predicted molar refractivity (Wildman–Crippen MR) is 90.1 cm³/mol. The van der Waals surface area contributed by atoms with Crippen LogP contribution in [0.25, 0.3) is 0 Å². The van der Waals surface area contributed by atoms with Gasteiger partial charge in [0, 0.05) is 12.1 Å². The first-order chi connectivity index (χ1) is 8.74. The van der Waals surface area contributed by atoms with Crippen LogP contribution in [0.4, 0.5) is 0 Å². The largest absolute Gasteiger partial charge is 0.481 e. The number of nitrogens with zero attached hydrogens (tertiary/aromatic N) is 1. The third-order valence-corrected chi connectivity index (χ3v) is 2.56. The van der Waals surface area contributed by atoms with Gasteiger partial charge in [-0.1, -0.05) is 24.1 Å². The summed E-state index contributed by atoms with van der Waals surface area (Å²) in [5.41, 5.74) is 1.15. The van der Waals surface area contributed by atoms with E-state index in [1.807, 2.05) is 18.2 Å². The average Bonchev–Trinajstić information content (AvgIpc) is 2.36. The maximum Gasteiger partial charge on any atom is 0.148 e. The minimum atomic E-state index is 0. The van der Waals surface area contributed by atoms with Crippen molar-refractivity contribution in [3.63, 3.8) is 0 Å². The molecular formula is C15H24Cl2N2O. The van der Waals surface area contributed by atoms with Crippen LogP contribution in [0.1, 0.15) is 12.0 Å². The molecule has 1 aromatic carbocycles. The molecule has 3 nitrogen and oxygen atoms in total. The first-order valence-electron chi connectivity index (χ1n) is 6.23. The lowest BCUT2D eigenvalue weighted by Crippen LogP contribution is -2.21. The smallest absolute Gasteiger partial charge is 0.148 e. The van der Waals surface area contributed by atoms with Crippen LogP contribution in [-0.4, -0.2) is 38.7 Å². The van der Waals surface area contributed by atoms with Crippen molar-refractivity contribution in [2.45, 2.75) is 13.0 Å². The summed E-state index contributed by atoms with van der Waals surface area (Å²) in [6, 6.07) is 7.99. The fourth-order valence-corrected chi connectivity index (χ4v) is 1.65. The van der Waals surface area contributed by atoms with Gasteiger partial charge < -0.3 is 15.0 Å². The SMILES string of the molecule is C#CCOc1ccccc1CNCCCN(C)C.Cl.Cl. The van der Waals surface area contributed by atoms with E-state index in [9.17, 15) is 0 Å². The molecule has 0 bridgehead atoms. The molecule has 0 aromatic heterocycles. The van der Waals surface area contributed by atoms with Crippen molar-refractivity contribution < 1.29 is 4.74 Å². The number of ether oxygens (including phenoxy) is 1. The quantitative estimate of drug-likeness (QED) is 0.589. The summed E-state index contributed by atoms with van der Waals surface area (Å²) in [7, 11) is 4.17. The number of para-hydroxylation sites is 1. The van der Waals surface area contributed by atoms with Crippen molar-refractivity contribution >= 4 is 24.8 Å². The fourth-order valence-electron chi connectivity index (χ4n) is 1.65. The lowest BCUT2D eigenvalue weighted by Gasteiger charge is -2.12. The Morgan fingerprint density at radius 2 is 1.95 bits per heavy atom. The van der Waals surface area contributed by atoms with Crippen molar-refractivity contribution in [1.29, 1.82) is 0 Å². The molecule has 1 aromatic rings. The van der Waals surface area contributed by atoms with Crippen molar-refractivity contribution in [2.75, 3.05) is 33.8 Å². The second kappa shape index (κ2) is 13.1. The summed E-state index contributed by atoms with van der Waals surface area (Å²) >= 11 is 0. The molecule has 1 N–H and O–H groups in total. The molecule has 0 aliphatic heterocycles. The third-order valence-electron chi connectivity index (χ3n) is 2.56. The highest BCUT2D eigenvalue weighted by Gasteiger charge is 2.01. The molecule has 0 amide bonds. The monoisotopic (exact) mass is 318 g/mol. The number of terminal acetylenes is 1.